The van der Waals surface area contributed by atoms with E-state index in [0.717, 1.165) is 64.6 Å². The van der Waals surface area contributed by atoms with Gasteiger partial charge in [-0.2, -0.15) is 0 Å². The molecule has 0 radical (unpaired) electrons. The predicted molar refractivity (Wildman–Crippen MR) is 143 cm³/mol. The highest BCUT2D eigenvalue weighted by molar-refractivity contribution is 5.81. The maximum absolute atomic E-state index is 13.5. The Morgan fingerprint density at radius 3 is 2.69 bits per heavy atom. The van der Waals surface area contributed by atoms with Gasteiger partial charge in [0.2, 0.25) is 0 Å². The lowest BCUT2D eigenvalue weighted by Crippen LogP contribution is -2.29. The van der Waals surface area contributed by atoms with E-state index in [2.05, 4.69) is 31.2 Å². The van der Waals surface area contributed by atoms with Gasteiger partial charge in [-0.1, -0.05) is 62.9 Å². The minimum atomic E-state index is -0.199. The van der Waals surface area contributed by atoms with Crippen LogP contribution in [0.15, 0.2) is 30.3 Å². The number of carbonyl (C=O) groups is 2. The number of hydrogen-bond acceptors (Lipinski definition) is 5. The Labute approximate surface area is 218 Å². The Morgan fingerprint density at radius 2 is 1.92 bits per heavy atom. The number of rotatable bonds is 14. The van der Waals surface area contributed by atoms with Gasteiger partial charge >= 0.3 is 5.97 Å². The fourth-order valence-electron chi connectivity index (χ4n) is 6.26. The Hall–Kier alpha value is -1.72. The molecule has 5 atom stereocenters. The monoisotopic (exact) mass is 500 g/mol. The van der Waals surface area contributed by atoms with Gasteiger partial charge in [0.25, 0.3) is 0 Å². The summed E-state index contributed by atoms with van der Waals surface area (Å²) in [6.07, 6.45) is 12.8. The van der Waals surface area contributed by atoms with Crippen molar-refractivity contribution in [1.82, 2.24) is 0 Å². The minimum absolute atomic E-state index is 0.0333. The summed E-state index contributed by atoms with van der Waals surface area (Å²) in [4.78, 5) is 25.0. The number of ketones is 1. The van der Waals surface area contributed by atoms with Gasteiger partial charge in [0.1, 0.15) is 5.78 Å². The molecule has 3 rings (SSSR count). The molecule has 2 aliphatic rings. The van der Waals surface area contributed by atoms with E-state index < -0.39 is 0 Å². The van der Waals surface area contributed by atoms with E-state index in [-0.39, 0.29) is 18.0 Å². The zero-order chi connectivity index (χ0) is 25.6. The zero-order valence-electron chi connectivity index (χ0n) is 22.6. The number of Topliss-reactive ketones (excluding diaryl/α,β-unsaturated/α-hetero) is 1. The molecule has 0 spiro atoms. The summed E-state index contributed by atoms with van der Waals surface area (Å²) in [5.74, 6) is 1.82. The molecule has 0 aromatic heterocycles. The number of ether oxygens (including phenoxy) is 3. The number of hydrogen-bond donors (Lipinski definition) is 0. The molecule has 0 amide bonds. The van der Waals surface area contributed by atoms with Crippen molar-refractivity contribution in [2.24, 2.45) is 23.7 Å². The summed E-state index contributed by atoms with van der Waals surface area (Å²) >= 11 is 0. The Balaban J connectivity index is 1.59. The molecule has 1 saturated carbocycles. The maximum atomic E-state index is 13.5. The van der Waals surface area contributed by atoms with Gasteiger partial charge < -0.3 is 14.2 Å². The molecule has 5 unspecified atom stereocenters. The van der Waals surface area contributed by atoms with Crippen LogP contribution < -0.4 is 0 Å². The molecule has 1 aromatic rings. The quantitative estimate of drug-likeness (QED) is 0.202. The van der Waals surface area contributed by atoms with E-state index in [1.165, 1.54) is 31.9 Å². The standard InChI is InChI=1S/C31H48O5/c1-3-11-24(20-25-12-7-8-18-35-23-25)21-29(32)27-15-9-16-28(22-27)31(26-13-5-4-6-14-26)36-19-10-17-30(33)34-2/h4-6,13-14,24-25,27-28,31H,3,7-12,15-23H2,1-2H3. The maximum Gasteiger partial charge on any atom is 0.305 e. The summed E-state index contributed by atoms with van der Waals surface area (Å²) in [7, 11) is 1.42. The van der Waals surface area contributed by atoms with Crippen LogP contribution in [0.3, 0.4) is 0 Å². The smallest absolute Gasteiger partial charge is 0.305 e. The molecule has 1 aromatic carbocycles. The minimum Gasteiger partial charge on any atom is -0.469 e. The molecule has 5 nitrogen and oxygen atoms in total. The topological polar surface area (TPSA) is 61.8 Å². The Bertz CT molecular complexity index is 755. The van der Waals surface area contributed by atoms with E-state index in [1.54, 1.807) is 0 Å². The van der Waals surface area contributed by atoms with Crippen molar-refractivity contribution in [3.8, 4) is 0 Å². The van der Waals surface area contributed by atoms with E-state index in [9.17, 15) is 9.59 Å². The van der Waals surface area contributed by atoms with E-state index in [4.69, 9.17) is 14.2 Å². The molecule has 1 aliphatic heterocycles. The Kier molecular flexibility index (Phi) is 13.0. The highest BCUT2D eigenvalue weighted by atomic mass is 16.5. The lowest BCUT2D eigenvalue weighted by Gasteiger charge is -2.35. The first-order valence-electron chi connectivity index (χ1n) is 14.4. The van der Waals surface area contributed by atoms with Crippen LogP contribution in [0.4, 0.5) is 0 Å². The predicted octanol–water partition coefficient (Wildman–Crippen LogP) is 7.09. The summed E-state index contributed by atoms with van der Waals surface area (Å²) in [5, 5.41) is 0. The summed E-state index contributed by atoms with van der Waals surface area (Å²) in [5.41, 5.74) is 1.17. The molecule has 0 N–H and O–H groups in total. The van der Waals surface area contributed by atoms with Crippen molar-refractivity contribution >= 4 is 11.8 Å². The molecule has 1 aliphatic carbocycles. The van der Waals surface area contributed by atoms with Gasteiger partial charge in [0.05, 0.1) is 13.2 Å². The van der Waals surface area contributed by atoms with Crippen LogP contribution in [-0.2, 0) is 23.8 Å². The third kappa shape index (κ3) is 9.63. The largest absolute Gasteiger partial charge is 0.469 e. The normalized spacial score (nSPS) is 24.4. The first kappa shape index (κ1) is 28.8. The molecule has 5 heteroatoms. The SMILES string of the molecule is CCCC(CC(=O)C1CCCC(C(OCCCC(=O)OC)c2ccccc2)C1)CC1CCCCOC1. The fraction of sp³-hybridized carbons (Fsp3) is 0.742. The summed E-state index contributed by atoms with van der Waals surface area (Å²) in [6, 6.07) is 10.4. The van der Waals surface area contributed by atoms with Crippen LogP contribution in [0.25, 0.3) is 0 Å². The lowest BCUT2D eigenvalue weighted by atomic mass is 9.73. The van der Waals surface area contributed by atoms with Gasteiger partial charge in [-0.3, -0.25) is 9.59 Å². The van der Waals surface area contributed by atoms with Crippen LogP contribution in [-0.4, -0.2) is 38.7 Å². The van der Waals surface area contributed by atoms with Crippen LogP contribution in [0.5, 0.6) is 0 Å². The number of benzene rings is 1. The average molecular weight is 501 g/mol. The number of carbonyl (C=O) groups excluding carboxylic acids is 2. The molecule has 1 heterocycles. The highest BCUT2D eigenvalue weighted by Crippen LogP contribution is 2.41. The first-order chi connectivity index (χ1) is 17.6. The van der Waals surface area contributed by atoms with E-state index >= 15 is 0 Å². The van der Waals surface area contributed by atoms with Crippen molar-refractivity contribution in [2.75, 3.05) is 26.9 Å². The third-order valence-corrected chi connectivity index (χ3v) is 8.13. The number of methoxy groups -OCH3 is 1. The average Bonchev–Trinajstić information content (AvgIpc) is 3.18. The molecule has 2 fully saturated rings. The van der Waals surface area contributed by atoms with Crippen molar-refractivity contribution in [3.63, 3.8) is 0 Å². The van der Waals surface area contributed by atoms with Crippen LogP contribution in [0.1, 0.15) is 102 Å². The Morgan fingerprint density at radius 1 is 1.08 bits per heavy atom. The number of esters is 1. The highest BCUT2D eigenvalue weighted by Gasteiger charge is 2.34. The van der Waals surface area contributed by atoms with Gasteiger partial charge in [-0.05, 0) is 68.3 Å². The third-order valence-electron chi connectivity index (χ3n) is 8.13. The van der Waals surface area contributed by atoms with Crippen molar-refractivity contribution in [1.29, 1.82) is 0 Å². The molecule has 202 valence electrons. The van der Waals surface area contributed by atoms with Gasteiger partial charge in [-0.15, -0.1) is 0 Å². The van der Waals surface area contributed by atoms with E-state index in [1.807, 2.05) is 6.07 Å². The lowest BCUT2D eigenvalue weighted by molar-refractivity contribution is -0.141. The molecule has 1 saturated heterocycles. The van der Waals surface area contributed by atoms with Gasteiger partial charge in [0.15, 0.2) is 0 Å². The molecule has 0 bridgehead atoms. The summed E-state index contributed by atoms with van der Waals surface area (Å²) < 4.78 is 17.0. The van der Waals surface area contributed by atoms with Crippen molar-refractivity contribution in [3.05, 3.63) is 35.9 Å². The van der Waals surface area contributed by atoms with Crippen LogP contribution >= 0.6 is 0 Å². The van der Waals surface area contributed by atoms with Crippen molar-refractivity contribution < 1.29 is 23.8 Å². The second-order valence-electron chi connectivity index (χ2n) is 11.0. The molecule has 36 heavy (non-hydrogen) atoms. The fourth-order valence-corrected chi connectivity index (χ4v) is 6.26. The second-order valence-corrected chi connectivity index (χ2v) is 11.0. The van der Waals surface area contributed by atoms with Gasteiger partial charge in [0, 0.05) is 38.6 Å². The van der Waals surface area contributed by atoms with Crippen molar-refractivity contribution in [2.45, 2.75) is 96.5 Å². The summed E-state index contributed by atoms with van der Waals surface area (Å²) in [6.45, 7) is 4.52. The molecular formula is C31H48O5. The first-order valence-corrected chi connectivity index (χ1v) is 14.4. The van der Waals surface area contributed by atoms with E-state index in [0.29, 0.717) is 43.0 Å². The second kappa shape index (κ2) is 16.2. The van der Waals surface area contributed by atoms with Gasteiger partial charge in [-0.25, -0.2) is 0 Å². The van der Waals surface area contributed by atoms with Crippen LogP contribution in [0.2, 0.25) is 0 Å². The van der Waals surface area contributed by atoms with Crippen LogP contribution in [0, 0.1) is 23.7 Å². The molecular weight excluding hydrogens is 452 g/mol. The zero-order valence-corrected chi connectivity index (χ0v) is 22.6.